The van der Waals surface area contributed by atoms with Crippen molar-refractivity contribution in [2.75, 3.05) is 40.0 Å². The average molecular weight is 395 g/mol. The molecule has 1 N–H and O–H groups in total. The van der Waals surface area contributed by atoms with E-state index in [2.05, 4.69) is 10.3 Å². The maximum atomic E-state index is 12.9. The zero-order chi connectivity index (χ0) is 20.5. The van der Waals surface area contributed by atoms with Crippen molar-refractivity contribution < 1.29 is 33.0 Å². The molecule has 1 aromatic rings. The lowest BCUT2D eigenvalue weighted by atomic mass is 10.2. The number of methoxy groups -OCH3 is 1. The van der Waals surface area contributed by atoms with Crippen molar-refractivity contribution in [2.24, 2.45) is 4.99 Å². The number of carbonyl (C=O) groups is 3. The molecule has 0 bridgehead atoms. The maximum absolute atomic E-state index is 12.9. The number of ketones is 1. The summed E-state index contributed by atoms with van der Waals surface area (Å²) in [6, 6.07) is 4.14. The van der Waals surface area contributed by atoms with Gasteiger partial charge in [-0.1, -0.05) is 0 Å². The van der Waals surface area contributed by atoms with Gasteiger partial charge in [0.15, 0.2) is 6.61 Å². The van der Waals surface area contributed by atoms with Crippen molar-refractivity contribution in [3.05, 3.63) is 30.1 Å². The number of hydrogen-bond acceptors (Lipinski definition) is 7. The highest BCUT2D eigenvalue weighted by Gasteiger charge is 2.24. The number of halogens is 1. The molecule has 2 rings (SSSR count). The molecule has 0 radical (unpaired) electrons. The van der Waals surface area contributed by atoms with E-state index in [-0.39, 0.29) is 11.8 Å². The maximum Gasteiger partial charge on any atom is 0.408 e. The van der Waals surface area contributed by atoms with Gasteiger partial charge in [0.05, 0.1) is 32.1 Å². The fourth-order valence-electron chi connectivity index (χ4n) is 2.33. The first kappa shape index (κ1) is 21.3. The highest BCUT2D eigenvalue weighted by molar-refractivity contribution is 6.38. The molecule has 0 spiro atoms. The molecule has 1 aromatic carbocycles. The van der Waals surface area contributed by atoms with Crippen LogP contribution in [-0.2, 0) is 23.8 Å². The number of Topliss-reactive ketones (excluding diaryl/α,β-unsaturated/α-hetero) is 1. The Morgan fingerprint density at radius 1 is 1.25 bits per heavy atom. The molecule has 0 aromatic heterocycles. The van der Waals surface area contributed by atoms with Gasteiger partial charge in [0, 0.05) is 13.1 Å². The number of benzene rings is 1. The standard InChI is InChI=1S/C18H22FN3O6/c1-12(16(24)17(26-2)21-14-5-3-13(19)4-6-14)20-18(25)28-11-15(23)22-7-9-27-10-8-22/h3-6,12H,7-11H2,1-2H3,(H,20,25). The van der Waals surface area contributed by atoms with Crippen LogP contribution >= 0.6 is 0 Å². The molecule has 1 aliphatic heterocycles. The van der Waals surface area contributed by atoms with Crippen molar-refractivity contribution in [3.63, 3.8) is 0 Å². The number of alkyl carbamates (subject to hydrolysis) is 1. The van der Waals surface area contributed by atoms with Crippen LogP contribution in [0.5, 0.6) is 0 Å². The molecular formula is C18H22FN3O6. The van der Waals surface area contributed by atoms with Crippen molar-refractivity contribution in [2.45, 2.75) is 13.0 Å². The van der Waals surface area contributed by atoms with Crippen LogP contribution in [0.1, 0.15) is 6.92 Å². The number of ether oxygens (including phenoxy) is 3. The minimum Gasteiger partial charge on any atom is -0.478 e. The number of nitrogens with one attached hydrogen (secondary N) is 1. The van der Waals surface area contributed by atoms with Gasteiger partial charge < -0.3 is 24.4 Å². The van der Waals surface area contributed by atoms with Gasteiger partial charge in [-0.3, -0.25) is 9.59 Å². The van der Waals surface area contributed by atoms with Gasteiger partial charge in [-0.15, -0.1) is 0 Å². The van der Waals surface area contributed by atoms with E-state index in [9.17, 15) is 18.8 Å². The number of morpholine rings is 1. The Hall–Kier alpha value is -3.01. The lowest BCUT2D eigenvalue weighted by Crippen LogP contribution is -2.45. The average Bonchev–Trinajstić information content (AvgIpc) is 2.71. The highest BCUT2D eigenvalue weighted by atomic mass is 19.1. The molecule has 1 fully saturated rings. The van der Waals surface area contributed by atoms with Crippen LogP contribution in [0.4, 0.5) is 14.9 Å². The Bertz CT molecular complexity index is 731. The molecule has 1 unspecified atom stereocenters. The molecular weight excluding hydrogens is 373 g/mol. The summed E-state index contributed by atoms with van der Waals surface area (Å²) >= 11 is 0. The molecule has 1 heterocycles. The minimum absolute atomic E-state index is 0.260. The van der Waals surface area contributed by atoms with Crippen LogP contribution < -0.4 is 5.32 Å². The minimum atomic E-state index is -1.01. The number of aliphatic imine (C=N–C) groups is 1. The van der Waals surface area contributed by atoms with Crippen LogP contribution in [-0.4, -0.2) is 74.6 Å². The highest BCUT2D eigenvalue weighted by Crippen LogP contribution is 2.13. The fourth-order valence-corrected chi connectivity index (χ4v) is 2.33. The molecule has 1 aliphatic rings. The SMILES string of the molecule is COC(=Nc1ccc(F)cc1)C(=O)C(C)NC(=O)OCC(=O)N1CCOCC1. The molecule has 10 heteroatoms. The molecule has 9 nitrogen and oxygen atoms in total. The summed E-state index contributed by atoms with van der Waals surface area (Å²) < 4.78 is 27.9. The second-order valence-corrected chi connectivity index (χ2v) is 5.90. The smallest absolute Gasteiger partial charge is 0.408 e. The first-order valence-electron chi connectivity index (χ1n) is 8.62. The quantitative estimate of drug-likeness (QED) is 0.570. The van der Waals surface area contributed by atoms with Gasteiger partial charge in [-0.05, 0) is 31.2 Å². The fraction of sp³-hybridized carbons (Fsp3) is 0.444. The number of hydrogen-bond donors (Lipinski definition) is 1. The van der Waals surface area contributed by atoms with Crippen molar-refractivity contribution in [1.29, 1.82) is 0 Å². The number of rotatable bonds is 6. The molecule has 0 aliphatic carbocycles. The second-order valence-electron chi connectivity index (χ2n) is 5.90. The Morgan fingerprint density at radius 3 is 2.50 bits per heavy atom. The summed E-state index contributed by atoms with van der Waals surface area (Å²) in [6.07, 6.45) is -0.917. The molecule has 1 saturated heterocycles. The van der Waals surface area contributed by atoms with E-state index in [4.69, 9.17) is 14.2 Å². The third-order valence-corrected chi connectivity index (χ3v) is 3.88. The predicted molar refractivity (Wildman–Crippen MR) is 96.9 cm³/mol. The monoisotopic (exact) mass is 395 g/mol. The first-order valence-corrected chi connectivity index (χ1v) is 8.62. The summed E-state index contributed by atoms with van der Waals surface area (Å²) in [7, 11) is 1.26. The predicted octanol–water partition coefficient (Wildman–Crippen LogP) is 1.04. The summed E-state index contributed by atoms with van der Waals surface area (Å²) in [5, 5.41) is 2.32. The number of nitrogens with zero attached hydrogens (tertiary/aromatic N) is 2. The van der Waals surface area contributed by atoms with E-state index < -0.39 is 30.3 Å². The summed E-state index contributed by atoms with van der Waals surface area (Å²) in [5.74, 6) is -1.64. The zero-order valence-corrected chi connectivity index (χ0v) is 15.6. The van der Waals surface area contributed by atoms with Crippen molar-refractivity contribution in [3.8, 4) is 0 Å². The summed E-state index contributed by atoms with van der Waals surface area (Å²) in [6.45, 7) is 2.75. The van der Waals surface area contributed by atoms with Gasteiger partial charge in [-0.2, -0.15) is 0 Å². The van der Waals surface area contributed by atoms with E-state index in [0.717, 1.165) is 0 Å². The Morgan fingerprint density at radius 2 is 1.89 bits per heavy atom. The lowest BCUT2D eigenvalue weighted by molar-refractivity contribution is -0.138. The van der Waals surface area contributed by atoms with Gasteiger partial charge in [0.25, 0.3) is 11.8 Å². The van der Waals surface area contributed by atoms with Gasteiger partial charge in [0.2, 0.25) is 5.78 Å². The molecule has 28 heavy (non-hydrogen) atoms. The third kappa shape index (κ3) is 6.31. The van der Waals surface area contributed by atoms with E-state index in [1.165, 1.54) is 43.2 Å². The van der Waals surface area contributed by atoms with E-state index in [1.807, 2.05) is 0 Å². The van der Waals surface area contributed by atoms with Crippen LogP contribution in [0.15, 0.2) is 29.3 Å². The molecule has 0 saturated carbocycles. The lowest BCUT2D eigenvalue weighted by Gasteiger charge is -2.26. The van der Waals surface area contributed by atoms with Crippen LogP contribution in [0.2, 0.25) is 0 Å². The van der Waals surface area contributed by atoms with Gasteiger partial charge in [-0.25, -0.2) is 14.2 Å². The number of carbonyl (C=O) groups excluding carboxylic acids is 3. The molecule has 2 amide bonds. The zero-order valence-electron chi connectivity index (χ0n) is 15.6. The third-order valence-electron chi connectivity index (χ3n) is 3.88. The second kappa shape index (κ2) is 10.4. The Labute approximate surface area is 161 Å². The normalized spacial score (nSPS) is 15.5. The Balaban J connectivity index is 1.86. The van der Waals surface area contributed by atoms with Crippen LogP contribution in [0.3, 0.4) is 0 Å². The number of amides is 2. The van der Waals surface area contributed by atoms with Crippen molar-refractivity contribution >= 4 is 29.4 Å². The van der Waals surface area contributed by atoms with E-state index in [1.54, 1.807) is 0 Å². The van der Waals surface area contributed by atoms with Crippen LogP contribution in [0.25, 0.3) is 0 Å². The van der Waals surface area contributed by atoms with Gasteiger partial charge >= 0.3 is 6.09 Å². The summed E-state index contributed by atoms with van der Waals surface area (Å²) in [4.78, 5) is 41.7. The molecule has 152 valence electrons. The van der Waals surface area contributed by atoms with E-state index >= 15 is 0 Å². The summed E-state index contributed by atoms with van der Waals surface area (Å²) in [5.41, 5.74) is 0.317. The van der Waals surface area contributed by atoms with Gasteiger partial charge in [0.1, 0.15) is 5.82 Å². The van der Waals surface area contributed by atoms with E-state index in [0.29, 0.717) is 32.0 Å². The first-order chi connectivity index (χ1) is 13.4. The van der Waals surface area contributed by atoms with Crippen molar-refractivity contribution in [1.82, 2.24) is 10.2 Å². The largest absolute Gasteiger partial charge is 0.478 e. The molecule has 1 atom stereocenters. The van der Waals surface area contributed by atoms with Crippen LogP contribution in [0, 0.1) is 5.82 Å². The Kier molecular flexibility index (Phi) is 7.88. The topological polar surface area (TPSA) is 107 Å².